The van der Waals surface area contributed by atoms with Gasteiger partial charge in [0.1, 0.15) is 0 Å². The zero-order valence-electron chi connectivity index (χ0n) is 5.30. The first-order valence-corrected chi connectivity index (χ1v) is 2.40. The molecule has 10 heavy (non-hydrogen) atoms. The third-order valence-electron chi connectivity index (χ3n) is 0.526. The van der Waals surface area contributed by atoms with E-state index >= 15 is 0 Å². The molecular formula is C4H7N3O3. The quantitative estimate of drug-likeness (QED) is 0.403. The fourth-order valence-corrected chi connectivity index (χ4v) is 0.303. The maximum Gasteiger partial charge on any atom is 0.329 e. The molecule has 0 rings (SSSR count). The lowest BCUT2D eigenvalue weighted by atomic mass is 10.7. The van der Waals surface area contributed by atoms with Crippen LogP contribution in [0.15, 0.2) is 0 Å². The molecule has 0 aliphatic heterocycles. The van der Waals surface area contributed by atoms with Crippen LogP contribution in [-0.4, -0.2) is 18.0 Å². The van der Waals surface area contributed by atoms with Crippen molar-refractivity contribution >= 4 is 18.0 Å². The molecule has 56 valence electrons. The lowest BCUT2D eigenvalue weighted by molar-refractivity contribution is -0.117. The third-order valence-corrected chi connectivity index (χ3v) is 0.526. The molecule has 0 saturated carbocycles. The number of carbonyl (C=O) groups excluding carboxylic acids is 3. The second-order valence-electron chi connectivity index (χ2n) is 1.50. The van der Waals surface area contributed by atoms with Crippen molar-refractivity contribution in [2.24, 2.45) is 5.73 Å². The molecule has 0 atom stereocenters. The normalized spacial score (nSPS) is 8.10. The van der Waals surface area contributed by atoms with Gasteiger partial charge in [-0.1, -0.05) is 0 Å². The summed E-state index contributed by atoms with van der Waals surface area (Å²) in [6.07, 6.45) is 0. The van der Waals surface area contributed by atoms with Crippen LogP contribution < -0.4 is 16.4 Å². The zero-order chi connectivity index (χ0) is 8.15. The van der Waals surface area contributed by atoms with Gasteiger partial charge in [0.25, 0.3) is 0 Å². The van der Waals surface area contributed by atoms with Crippen LogP contribution in [0.1, 0.15) is 6.92 Å². The fraction of sp³-hybridized carbons (Fsp3) is 0.250. The lowest BCUT2D eigenvalue weighted by Gasteiger charge is -1.97. The number of carbonyl (C=O) groups is 3. The molecule has 0 aromatic rings. The summed E-state index contributed by atoms with van der Waals surface area (Å²) in [5.41, 5.74) is 4.55. The molecule has 0 spiro atoms. The van der Waals surface area contributed by atoms with E-state index in [9.17, 15) is 14.4 Å². The molecule has 0 fully saturated rings. The number of imide groups is 2. The number of rotatable bonds is 0. The van der Waals surface area contributed by atoms with Crippen LogP contribution >= 0.6 is 0 Å². The van der Waals surface area contributed by atoms with E-state index in [2.05, 4.69) is 5.73 Å². The number of amides is 5. The molecular weight excluding hydrogens is 138 g/mol. The highest BCUT2D eigenvalue weighted by Gasteiger charge is 2.03. The fourth-order valence-electron chi connectivity index (χ4n) is 0.303. The van der Waals surface area contributed by atoms with Gasteiger partial charge in [-0.05, 0) is 0 Å². The van der Waals surface area contributed by atoms with Gasteiger partial charge in [0, 0.05) is 6.92 Å². The molecule has 0 aliphatic rings. The summed E-state index contributed by atoms with van der Waals surface area (Å²) in [4.78, 5) is 30.4. The van der Waals surface area contributed by atoms with Crippen LogP contribution in [0.4, 0.5) is 9.59 Å². The Bertz CT molecular complexity index is 159. The summed E-state index contributed by atoms with van der Waals surface area (Å²) >= 11 is 0. The average molecular weight is 145 g/mol. The molecule has 0 radical (unpaired) electrons. The van der Waals surface area contributed by atoms with Gasteiger partial charge in [0.15, 0.2) is 0 Å². The van der Waals surface area contributed by atoms with Gasteiger partial charge in [-0.2, -0.15) is 0 Å². The molecule has 0 saturated heterocycles. The van der Waals surface area contributed by atoms with Crippen molar-refractivity contribution in [2.75, 3.05) is 0 Å². The van der Waals surface area contributed by atoms with E-state index < -0.39 is 18.0 Å². The molecule has 4 N–H and O–H groups in total. The topological polar surface area (TPSA) is 101 Å². The number of primary amides is 1. The first kappa shape index (κ1) is 8.41. The Morgan fingerprint density at radius 1 is 1.20 bits per heavy atom. The number of nitrogens with one attached hydrogen (secondary N) is 2. The van der Waals surface area contributed by atoms with Crippen molar-refractivity contribution in [2.45, 2.75) is 6.92 Å². The highest BCUT2D eigenvalue weighted by molar-refractivity contribution is 6.00. The van der Waals surface area contributed by atoms with Gasteiger partial charge in [-0.25, -0.2) is 9.59 Å². The van der Waals surface area contributed by atoms with E-state index in [0.29, 0.717) is 0 Å². The Morgan fingerprint density at radius 2 is 1.70 bits per heavy atom. The smallest absolute Gasteiger partial charge is 0.329 e. The molecule has 0 aromatic carbocycles. The van der Waals surface area contributed by atoms with Gasteiger partial charge < -0.3 is 5.73 Å². The van der Waals surface area contributed by atoms with E-state index in [0.717, 1.165) is 6.92 Å². The lowest BCUT2D eigenvalue weighted by Crippen LogP contribution is -2.43. The molecule has 0 aliphatic carbocycles. The van der Waals surface area contributed by atoms with Gasteiger partial charge in [-0.3, -0.25) is 15.4 Å². The van der Waals surface area contributed by atoms with Crippen molar-refractivity contribution in [1.82, 2.24) is 10.6 Å². The molecule has 0 bridgehead atoms. The third kappa shape index (κ3) is 4.57. The maximum absolute atomic E-state index is 10.3. The highest BCUT2D eigenvalue weighted by Crippen LogP contribution is 1.64. The monoisotopic (exact) mass is 145 g/mol. The standard InChI is InChI=1S/C4H7N3O3/c1-2(8)6-4(10)7-3(5)9/h1H3,(H4,5,6,7,8,9,10). The summed E-state index contributed by atoms with van der Waals surface area (Å²) in [6.45, 7) is 1.14. The Hall–Kier alpha value is -1.59. The van der Waals surface area contributed by atoms with E-state index in [-0.39, 0.29) is 0 Å². The van der Waals surface area contributed by atoms with Crippen LogP contribution in [0.25, 0.3) is 0 Å². The molecule has 0 heterocycles. The van der Waals surface area contributed by atoms with Crippen LogP contribution in [0.2, 0.25) is 0 Å². The predicted molar refractivity (Wildman–Crippen MR) is 31.9 cm³/mol. The molecule has 0 unspecified atom stereocenters. The largest absolute Gasteiger partial charge is 0.351 e. The van der Waals surface area contributed by atoms with Gasteiger partial charge in [0.05, 0.1) is 0 Å². The molecule has 5 amide bonds. The Labute approximate surface area is 56.8 Å². The summed E-state index contributed by atoms with van der Waals surface area (Å²) in [5, 5.41) is 3.43. The number of hydrogen-bond donors (Lipinski definition) is 3. The van der Waals surface area contributed by atoms with Crippen LogP contribution in [0, 0.1) is 0 Å². The predicted octanol–water partition coefficient (Wildman–Crippen LogP) is -1.09. The minimum absolute atomic E-state index is 0.557. The van der Waals surface area contributed by atoms with E-state index in [1.165, 1.54) is 0 Å². The van der Waals surface area contributed by atoms with E-state index in [1.807, 2.05) is 0 Å². The first-order chi connectivity index (χ1) is 4.52. The van der Waals surface area contributed by atoms with Crippen molar-refractivity contribution in [3.8, 4) is 0 Å². The van der Waals surface area contributed by atoms with Crippen LogP contribution in [0.3, 0.4) is 0 Å². The molecule has 6 nitrogen and oxygen atoms in total. The second-order valence-corrected chi connectivity index (χ2v) is 1.50. The maximum atomic E-state index is 10.3. The first-order valence-electron chi connectivity index (χ1n) is 2.40. The van der Waals surface area contributed by atoms with Gasteiger partial charge >= 0.3 is 12.1 Å². The Kier molecular flexibility index (Phi) is 2.89. The summed E-state index contributed by atoms with van der Waals surface area (Å²) < 4.78 is 0. The van der Waals surface area contributed by atoms with Crippen LogP contribution in [-0.2, 0) is 4.79 Å². The Morgan fingerprint density at radius 3 is 2.00 bits per heavy atom. The van der Waals surface area contributed by atoms with E-state index in [1.54, 1.807) is 10.6 Å². The zero-order valence-corrected chi connectivity index (χ0v) is 5.30. The average Bonchev–Trinajstić information content (AvgIpc) is 1.58. The molecule has 0 aromatic heterocycles. The number of nitrogens with two attached hydrogens (primary N) is 1. The summed E-state index contributed by atoms with van der Waals surface area (Å²) in [7, 11) is 0. The summed E-state index contributed by atoms with van der Waals surface area (Å²) in [5.74, 6) is -0.557. The second kappa shape index (κ2) is 3.44. The summed E-state index contributed by atoms with van der Waals surface area (Å²) in [6, 6.07) is -1.92. The number of hydrogen-bond acceptors (Lipinski definition) is 3. The van der Waals surface area contributed by atoms with Crippen molar-refractivity contribution in [3.63, 3.8) is 0 Å². The Balaban J connectivity index is 3.65. The van der Waals surface area contributed by atoms with Gasteiger partial charge in [0.2, 0.25) is 5.91 Å². The molecule has 6 heteroatoms. The van der Waals surface area contributed by atoms with E-state index in [4.69, 9.17) is 0 Å². The van der Waals surface area contributed by atoms with Crippen molar-refractivity contribution in [1.29, 1.82) is 0 Å². The number of urea groups is 2. The van der Waals surface area contributed by atoms with Crippen molar-refractivity contribution < 1.29 is 14.4 Å². The van der Waals surface area contributed by atoms with Gasteiger partial charge in [-0.15, -0.1) is 0 Å². The van der Waals surface area contributed by atoms with Crippen LogP contribution in [0.5, 0.6) is 0 Å². The SMILES string of the molecule is CC(=O)NC(=O)NC(N)=O. The van der Waals surface area contributed by atoms with Crippen molar-refractivity contribution in [3.05, 3.63) is 0 Å². The minimum atomic E-state index is -1.00. The highest BCUT2D eigenvalue weighted by atomic mass is 16.2. The minimum Gasteiger partial charge on any atom is -0.351 e.